The minimum absolute atomic E-state index is 0.446. The quantitative estimate of drug-likeness (QED) is 0.228. The van der Waals surface area contributed by atoms with Crippen LogP contribution in [0.4, 0.5) is 0 Å². The van der Waals surface area contributed by atoms with Crippen molar-refractivity contribution in [2.45, 2.75) is 166 Å². The monoisotopic (exact) mass is 531 g/mol. The van der Waals surface area contributed by atoms with Gasteiger partial charge in [0.05, 0.1) is 0 Å². The first-order chi connectivity index (χ1) is 18.3. The highest BCUT2D eigenvalue weighted by Crippen LogP contribution is 2.46. The SMILES string of the molecule is CCC(CC(CC(CC(C)C1CCC(N)CC1)C1CCC(N)CC1)C1CCC(N)CC1)C1CCC(N)CC1. The van der Waals surface area contributed by atoms with Crippen LogP contribution in [0.3, 0.4) is 0 Å². The van der Waals surface area contributed by atoms with E-state index in [9.17, 15) is 0 Å². The maximum atomic E-state index is 6.41. The average molecular weight is 531 g/mol. The second kappa shape index (κ2) is 15.2. The van der Waals surface area contributed by atoms with E-state index in [1.807, 2.05) is 0 Å². The van der Waals surface area contributed by atoms with E-state index in [0.717, 1.165) is 47.3 Å². The van der Waals surface area contributed by atoms with E-state index in [2.05, 4.69) is 13.8 Å². The second-order valence-corrected chi connectivity index (χ2v) is 15.1. The lowest BCUT2D eigenvalue weighted by molar-refractivity contribution is 0.0896. The van der Waals surface area contributed by atoms with Crippen molar-refractivity contribution in [3.63, 3.8) is 0 Å². The van der Waals surface area contributed by atoms with Crippen molar-refractivity contribution < 1.29 is 0 Å². The molecule has 4 nitrogen and oxygen atoms in total. The molecule has 0 aromatic carbocycles. The van der Waals surface area contributed by atoms with Crippen LogP contribution in [0.1, 0.15) is 142 Å². The molecule has 0 aliphatic heterocycles. The van der Waals surface area contributed by atoms with Gasteiger partial charge in [-0.2, -0.15) is 0 Å². The van der Waals surface area contributed by atoms with Gasteiger partial charge in [0.1, 0.15) is 0 Å². The van der Waals surface area contributed by atoms with Crippen molar-refractivity contribution in [1.82, 2.24) is 0 Å². The summed E-state index contributed by atoms with van der Waals surface area (Å²) in [5.41, 5.74) is 25.4. The van der Waals surface area contributed by atoms with Crippen molar-refractivity contribution in [1.29, 1.82) is 0 Å². The zero-order valence-electron chi connectivity index (χ0n) is 25.4. The highest BCUT2D eigenvalue weighted by Gasteiger charge is 2.37. The maximum Gasteiger partial charge on any atom is 0.00390 e. The molecular weight excluding hydrogens is 464 g/mol. The van der Waals surface area contributed by atoms with E-state index < -0.39 is 0 Å². The molecule has 0 bridgehead atoms. The van der Waals surface area contributed by atoms with Crippen LogP contribution in [0, 0.1) is 47.3 Å². The summed E-state index contributed by atoms with van der Waals surface area (Å²) in [6.45, 7) is 5.07. The van der Waals surface area contributed by atoms with Crippen molar-refractivity contribution >= 4 is 0 Å². The lowest BCUT2D eigenvalue weighted by Crippen LogP contribution is -2.36. The number of hydrogen-bond acceptors (Lipinski definition) is 4. The zero-order chi connectivity index (χ0) is 27.1. The first-order valence-corrected chi connectivity index (χ1v) is 17.3. The van der Waals surface area contributed by atoms with Crippen molar-refractivity contribution in [2.24, 2.45) is 70.3 Å². The van der Waals surface area contributed by atoms with Gasteiger partial charge in [0, 0.05) is 24.2 Å². The van der Waals surface area contributed by atoms with Crippen molar-refractivity contribution in [3.05, 3.63) is 0 Å². The van der Waals surface area contributed by atoms with Gasteiger partial charge in [0.2, 0.25) is 0 Å². The van der Waals surface area contributed by atoms with Gasteiger partial charge in [0.25, 0.3) is 0 Å². The normalized spacial score (nSPS) is 40.3. The number of rotatable bonds is 11. The molecule has 0 radical (unpaired) electrons. The van der Waals surface area contributed by atoms with Gasteiger partial charge in [-0.3, -0.25) is 0 Å². The van der Waals surface area contributed by atoms with Crippen molar-refractivity contribution in [2.75, 3.05) is 0 Å². The van der Waals surface area contributed by atoms with Crippen LogP contribution in [0.25, 0.3) is 0 Å². The summed E-state index contributed by atoms with van der Waals surface area (Å²) < 4.78 is 0. The molecule has 4 atom stereocenters. The average Bonchev–Trinajstić information content (AvgIpc) is 2.92. The van der Waals surface area contributed by atoms with E-state index in [1.165, 1.54) is 128 Å². The summed E-state index contributed by atoms with van der Waals surface area (Å²) in [4.78, 5) is 0. The molecule has 8 N–H and O–H groups in total. The Kier molecular flexibility index (Phi) is 12.3. The van der Waals surface area contributed by atoms with Gasteiger partial charge in [-0.25, -0.2) is 0 Å². The Hall–Kier alpha value is -0.160. The summed E-state index contributed by atoms with van der Waals surface area (Å²) in [5.74, 6) is 7.08. The molecule has 38 heavy (non-hydrogen) atoms. The van der Waals surface area contributed by atoms with Gasteiger partial charge >= 0.3 is 0 Å². The molecule has 0 aromatic heterocycles. The van der Waals surface area contributed by atoms with Crippen molar-refractivity contribution in [3.8, 4) is 0 Å². The smallest absolute Gasteiger partial charge is 0.00390 e. The Morgan fingerprint density at radius 3 is 1.08 bits per heavy atom. The molecule has 4 aliphatic rings. The Morgan fingerprint density at radius 1 is 0.421 bits per heavy atom. The fourth-order valence-corrected chi connectivity index (χ4v) is 9.67. The first-order valence-electron chi connectivity index (χ1n) is 17.3. The van der Waals surface area contributed by atoms with Crippen LogP contribution in [-0.2, 0) is 0 Å². The van der Waals surface area contributed by atoms with Gasteiger partial charge in [-0.1, -0.05) is 20.3 Å². The third-order valence-electron chi connectivity index (χ3n) is 12.5. The van der Waals surface area contributed by atoms with E-state index in [1.54, 1.807) is 0 Å². The summed E-state index contributed by atoms with van der Waals surface area (Å²) in [7, 11) is 0. The largest absolute Gasteiger partial charge is 0.328 e. The molecule has 0 saturated heterocycles. The highest BCUT2D eigenvalue weighted by molar-refractivity contribution is 4.89. The van der Waals surface area contributed by atoms with Crippen LogP contribution >= 0.6 is 0 Å². The zero-order valence-corrected chi connectivity index (χ0v) is 25.4. The molecule has 0 aromatic rings. The van der Waals surface area contributed by atoms with E-state index in [-0.39, 0.29) is 0 Å². The standard InChI is InChI=1S/C34H66N4/c1-3-24(26-6-14-32(36)15-7-26)21-30(28-10-18-34(38)19-11-28)22-29(27-8-16-33(37)17-9-27)20-23(2)25-4-12-31(35)13-5-25/h23-34H,3-22,35-38H2,1-2H3. The molecule has 4 fully saturated rings. The molecular formula is C34H66N4. The molecule has 0 spiro atoms. The summed E-state index contributed by atoms with van der Waals surface area (Å²) in [6, 6.07) is 1.80. The number of nitrogens with two attached hydrogens (primary N) is 4. The molecule has 0 heterocycles. The van der Waals surface area contributed by atoms with Gasteiger partial charge in [-0.15, -0.1) is 0 Å². The molecule has 4 rings (SSSR count). The molecule has 4 aliphatic carbocycles. The Bertz CT molecular complexity index is 637. The van der Waals surface area contributed by atoms with Crippen LogP contribution in [-0.4, -0.2) is 24.2 Å². The second-order valence-electron chi connectivity index (χ2n) is 15.1. The predicted molar refractivity (Wildman–Crippen MR) is 164 cm³/mol. The maximum absolute atomic E-state index is 6.41. The highest BCUT2D eigenvalue weighted by atomic mass is 14.7. The van der Waals surface area contributed by atoms with Gasteiger partial charge in [-0.05, 0) is 169 Å². The molecule has 4 heteroatoms. The van der Waals surface area contributed by atoms with Crippen LogP contribution in [0.2, 0.25) is 0 Å². The fraction of sp³-hybridized carbons (Fsp3) is 1.00. The van der Waals surface area contributed by atoms with Crippen LogP contribution in [0.15, 0.2) is 0 Å². The third-order valence-corrected chi connectivity index (χ3v) is 12.5. The number of hydrogen-bond donors (Lipinski definition) is 4. The molecule has 222 valence electrons. The Morgan fingerprint density at radius 2 is 0.711 bits per heavy atom. The third kappa shape index (κ3) is 8.92. The van der Waals surface area contributed by atoms with E-state index >= 15 is 0 Å². The molecule has 0 amide bonds. The summed E-state index contributed by atoms with van der Waals surface area (Å²) >= 11 is 0. The first kappa shape index (κ1) is 30.8. The predicted octanol–water partition coefficient (Wildman–Crippen LogP) is 7.12. The van der Waals surface area contributed by atoms with Gasteiger partial charge < -0.3 is 22.9 Å². The minimum Gasteiger partial charge on any atom is -0.328 e. The van der Waals surface area contributed by atoms with E-state index in [4.69, 9.17) is 22.9 Å². The summed E-state index contributed by atoms with van der Waals surface area (Å²) in [5, 5.41) is 0. The fourth-order valence-electron chi connectivity index (χ4n) is 9.67. The van der Waals surface area contributed by atoms with E-state index in [0.29, 0.717) is 24.2 Å². The minimum atomic E-state index is 0.446. The molecule has 4 unspecified atom stereocenters. The Labute approximate surface area is 236 Å². The lowest BCUT2D eigenvalue weighted by Gasteiger charge is -2.43. The lowest BCUT2D eigenvalue weighted by atomic mass is 9.64. The Balaban J connectivity index is 1.48. The molecule has 4 saturated carbocycles. The van der Waals surface area contributed by atoms with Crippen LogP contribution in [0.5, 0.6) is 0 Å². The van der Waals surface area contributed by atoms with Gasteiger partial charge in [0.15, 0.2) is 0 Å². The summed E-state index contributed by atoms with van der Waals surface area (Å²) in [6.07, 6.45) is 26.6. The van der Waals surface area contributed by atoms with Crippen LogP contribution < -0.4 is 22.9 Å². The topological polar surface area (TPSA) is 104 Å².